The number of rotatable bonds is 6. The van der Waals surface area contributed by atoms with Gasteiger partial charge in [-0.3, -0.25) is 4.79 Å². The van der Waals surface area contributed by atoms with Gasteiger partial charge >= 0.3 is 0 Å². The van der Waals surface area contributed by atoms with Gasteiger partial charge in [0.15, 0.2) is 0 Å². The van der Waals surface area contributed by atoms with E-state index in [0.29, 0.717) is 13.0 Å². The number of carbonyl (C=O) groups excluding carboxylic acids is 1. The lowest BCUT2D eigenvalue weighted by molar-refractivity contribution is 0.0926. The zero-order valence-electron chi connectivity index (χ0n) is 10.5. The maximum Gasteiger partial charge on any atom is 0.254 e. The first kappa shape index (κ1) is 14.9. The molecule has 0 bridgehead atoms. The van der Waals surface area contributed by atoms with Gasteiger partial charge in [0.05, 0.1) is 5.56 Å². The van der Waals surface area contributed by atoms with E-state index < -0.39 is 11.7 Å². The Morgan fingerprint density at radius 3 is 2.83 bits per heavy atom. The number of methoxy groups -OCH3 is 1. The minimum absolute atomic E-state index is 0.0353. The Labute approximate surface area is 111 Å². The van der Waals surface area contributed by atoms with Gasteiger partial charge in [-0.25, -0.2) is 4.39 Å². The molecular weight excluding hydrogens is 257 g/mol. The molecule has 0 aromatic heterocycles. The third kappa shape index (κ3) is 4.27. The van der Waals surface area contributed by atoms with Crippen molar-refractivity contribution < 1.29 is 13.9 Å². The minimum atomic E-state index is -0.521. The van der Waals surface area contributed by atoms with Crippen molar-refractivity contribution in [2.75, 3.05) is 19.6 Å². The molecule has 3 nitrogen and oxygen atoms in total. The van der Waals surface area contributed by atoms with Crippen LogP contribution < -0.4 is 5.32 Å². The van der Waals surface area contributed by atoms with Crippen LogP contribution in [0.5, 0.6) is 0 Å². The standard InChI is InChI=1S/C13H17ClFNO2/c1-9-3-4-11(12(15)7-9)13(17)16-10(8-14)5-6-18-2/h3-4,7,10H,5-6,8H2,1-2H3,(H,16,17). The van der Waals surface area contributed by atoms with Crippen molar-refractivity contribution in [2.45, 2.75) is 19.4 Å². The molecule has 100 valence electrons. The third-order valence-electron chi connectivity index (χ3n) is 2.56. The summed E-state index contributed by atoms with van der Waals surface area (Å²) in [6.07, 6.45) is 0.596. The van der Waals surface area contributed by atoms with Gasteiger partial charge in [-0.2, -0.15) is 0 Å². The molecule has 0 saturated carbocycles. The fraction of sp³-hybridized carbons (Fsp3) is 0.462. The van der Waals surface area contributed by atoms with Crippen LogP contribution in [0.15, 0.2) is 18.2 Å². The number of ether oxygens (including phenoxy) is 1. The molecule has 0 aliphatic heterocycles. The van der Waals surface area contributed by atoms with Crippen LogP contribution in [0.1, 0.15) is 22.3 Å². The number of amides is 1. The van der Waals surface area contributed by atoms with Crippen LogP contribution in [0, 0.1) is 12.7 Å². The monoisotopic (exact) mass is 273 g/mol. The second kappa shape index (κ2) is 7.34. The van der Waals surface area contributed by atoms with Gasteiger partial charge in [-0.1, -0.05) is 6.07 Å². The highest BCUT2D eigenvalue weighted by Crippen LogP contribution is 2.10. The average molecular weight is 274 g/mol. The lowest BCUT2D eigenvalue weighted by Gasteiger charge is -2.15. The average Bonchev–Trinajstić information content (AvgIpc) is 2.34. The molecule has 18 heavy (non-hydrogen) atoms. The Bertz CT molecular complexity index is 412. The summed E-state index contributed by atoms with van der Waals surface area (Å²) < 4.78 is 18.5. The number of hydrogen-bond acceptors (Lipinski definition) is 2. The first-order valence-electron chi connectivity index (χ1n) is 5.70. The highest BCUT2D eigenvalue weighted by atomic mass is 35.5. The number of carbonyl (C=O) groups is 1. The summed E-state index contributed by atoms with van der Waals surface area (Å²) in [5.41, 5.74) is 0.811. The summed E-state index contributed by atoms with van der Waals surface area (Å²) in [5, 5.41) is 2.69. The number of alkyl halides is 1. The SMILES string of the molecule is COCCC(CCl)NC(=O)c1ccc(C)cc1F. The largest absolute Gasteiger partial charge is 0.385 e. The first-order valence-corrected chi connectivity index (χ1v) is 6.24. The molecular formula is C13H17ClFNO2. The van der Waals surface area contributed by atoms with Crippen molar-refractivity contribution in [3.05, 3.63) is 35.1 Å². The van der Waals surface area contributed by atoms with Crippen LogP contribution in [-0.4, -0.2) is 31.5 Å². The molecule has 0 heterocycles. The number of nitrogens with one attached hydrogen (secondary N) is 1. The normalized spacial score (nSPS) is 12.2. The summed E-state index contributed by atoms with van der Waals surface area (Å²) in [4.78, 5) is 11.9. The molecule has 1 N–H and O–H groups in total. The molecule has 0 fully saturated rings. The van der Waals surface area contributed by atoms with Gasteiger partial charge in [0.1, 0.15) is 5.82 Å². The van der Waals surface area contributed by atoms with Crippen molar-refractivity contribution in [1.29, 1.82) is 0 Å². The van der Waals surface area contributed by atoms with Crippen LogP contribution >= 0.6 is 11.6 Å². The lowest BCUT2D eigenvalue weighted by atomic mass is 10.1. The summed E-state index contributed by atoms with van der Waals surface area (Å²) in [6.45, 7) is 2.26. The molecule has 1 aromatic carbocycles. The number of aryl methyl sites for hydroxylation is 1. The summed E-state index contributed by atoms with van der Waals surface area (Å²) in [7, 11) is 1.58. The van der Waals surface area contributed by atoms with E-state index in [9.17, 15) is 9.18 Å². The number of hydrogen-bond donors (Lipinski definition) is 1. The molecule has 0 spiro atoms. The second-order valence-electron chi connectivity index (χ2n) is 4.09. The van der Waals surface area contributed by atoms with Crippen molar-refractivity contribution in [2.24, 2.45) is 0 Å². The van der Waals surface area contributed by atoms with Gasteiger partial charge < -0.3 is 10.1 Å². The number of benzene rings is 1. The van der Waals surface area contributed by atoms with Crippen molar-refractivity contribution in [3.63, 3.8) is 0 Å². The first-order chi connectivity index (χ1) is 8.58. The summed E-state index contributed by atoms with van der Waals surface area (Å²) in [5.74, 6) is -0.704. The van der Waals surface area contributed by atoms with E-state index in [1.165, 1.54) is 12.1 Å². The van der Waals surface area contributed by atoms with E-state index >= 15 is 0 Å². The molecule has 5 heteroatoms. The molecule has 1 rings (SSSR count). The van der Waals surface area contributed by atoms with E-state index in [2.05, 4.69) is 5.32 Å². The molecule has 1 aromatic rings. The second-order valence-corrected chi connectivity index (χ2v) is 4.40. The Balaban J connectivity index is 2.68. The van der Waals surface area contributed by atoms with Crippen molar-refractivity contribution in [3.8, 4) is 0 Å². The maximum atomic E-state index is 13.6. The van der Waals surface area contributed by atoms with Crippen LogP contribution in [0.4, 0.5) is 4.39 Å². The fourth-order valence-electron chi connectivity index (χ4n) is 1.52. The van der Waals surface area contributed by atoms with E-state index in [1.54, 1.807) is 20.1 Å². The molecule has 0 aliphatic carbocycles. The smallest absolute Gasteiger partial charge is 0.254 e. The highest BCUT2D eigenvalue weighted by molar-refractivity contribution is 6.18. The molecule has 1 amide bonds. The molecule has 0 aliphatic rings. The van der Waals surface area contributed by atoms with Gasteiger partial charge in [-0.05, 0) is 31.0 Å². The van der Waals surface area contributed by atoms with Crippen LogP contribution in [-0.2, 0) is 4.74 Å². The van der Waals surface area contributed by atoms with Crippen LogP contribution in [0.2, 0.25) is 0 Å². The van der Waals surface area contributed by atoms with Crippen LogP contribution in [0.25, 0.3) is 0 Å². The van der Waals surface area contributed by atoms with Gasteiger partial charge in [0, 0.05) is 25.6 Å². The molecule has 0 saturated heterocycles. The Hall–Kier alpha value is -1.13. The summed E-state index contributed by atoms with van der Waals surface area (Å²) in [6, 6.07) is 4.28. The Morgan fingerprint density at radius 1 is 1.56 bits per heavy atom. The van der Waals surface area contributed by atoms with Gasteiger partial charge in [-0.15, -0.1) is 11.6 Å². The van der Waals surface area contributed by atoms with E-state index in [4.69, 9.17) is 16.3 Å². The van der Waals surface area contributed by atoms with Crippen molar-refractivity contribution in [1.82, 2.24) is 5.32 Å². The zero-order valence-corrected chi connectivity index (χ0v) is 11.3. The fourth-order valence-corrected chi connectivity index (χ4v) is 1.75. The summed E-state index contributed by atoms with van der Waals surface area (Å²) >= 11 is 5.74. The molecule has 0 radical (unpaired) electrons. The van der Waals surface area contributed by atoms with Crippen LogP contribution in [0.3, 0.4) is 0 Å². The topological polar surface area (TPSA) is 38.3 Å². The highest BCUT2D eigenvalue weighted by Gasteiger charge is 2.15. The number of halogens is 2. The van der Waals surface area contributed by atoms with E-state index in [1.807, 2.05) is 0 Å². The Kier molecular flexibility index (Phi) is 6.09. The Morgan fingerprint density at radius 2 is 2.28 bits per heavy atom. The quantitative estimate of drug-likeness (QED) is 0.809. The molecule has 1 unspecified atom stereocenters. The van der Waals surface area contributed by atoms with Gasteiger partial charge in [0.2, 0.25) is 0 Å². The molecule has 1 atom stereocenters. The lowest BCUT2D eigenvalue weighted by Crippen LogP contribution is -2.37. The van der Waals surface area contributed by atoms with E-state index in [-0.39, 0.29) is 17.5 Å². The van der Waals surface area contributed by atoms with Crippen molar-refractivity contribution >= 4 is 17.5 Å². The predicted octanol–water partition coefficient (Wildman–Crippen LogP) is 2.51. The zero-order chi connectivity index (χ0) is 13.5. The minimum Gasteiger partial charge on any atom is -0.385 e. The maximum absolute atomic E-state index is 13.6. The predicted molar refractivity (Wildman–Crippen MR) is 69.6 cm³/mol. The van der Waals surface area contributed by atoms with E-state index in [0.717, 1.165) is 5.56 Å². The van der Waals surface area contributed by atoms with Gasteiger partial charge in [0.25, 0.3) is 5.91 Å². The third-order valence-corrected chi connectivity index (χ3v) is 2.93.